The molecule has 2 rings (SSSR count). The number of hydrogen-bond acceptors (Lipinski definition) is 5. The highest BCUT2D eigenvalue weighted by Crippen LogP contribution is 2.32. The lowest BCUT2D eigenvalue weighted by Crippen LogP contribution is -2.19. The second-order valence-corrected chi connectivity index (χ2v) is 7.30. The number of aryl methyl sites for hydroxylation is 1. The lowest BCUT2D eigenvalue weighted by Gasteiger charge is -2.20. The minimum atomic E-state index is -0.0735. The van der Waals surface area contributed by atoms with E-state index >= 15 is 0 Å². The van der Waals surface area contributed by atoms with Gasteiger partial charge in [0, 0.05) is 5.69 Å². The fourth-order valence-corrected chi connectivity index (χ4v) is 3.15. The summed E-state index contributed by atoms with van der Waals surface area (Å²) in [6.45, 7) is 10.3. The van der Waals surface area contributed by atoms with Crippen LogP contribution in [0, 0.1) is 6.92 Å². The minimum absolute atomic E-state index is 0.0735. The normalized spacial score (nSPS) is 11.3. The molecular formula is C17H25N5OS. The smallest absolute Gasteiger partial charge is 0.234 e. The van der Waals surface area contributed by atoms with Crippen molar-refractivity contribution in [2.45, 2.75) is 51.6 Å². The van der Waals surface area contributed by atoms with Crippen LogP contribution >= 0.6 is 11.8 Å². The van der Waals surface area contributed by atoms with Crippen LogP contribution in [0.15, 0.2) is 23.4 Å². The van der Waals surface area contributed by atoms with Crippen LogP contribution in [0.2, 0.25) is 0 Å². The minimum Gasteiger partial charge on any atom is -0.336 e. The van der Waals surface area contributed by atoms with Gasteiger partial charge in [0.15, 0.2) is 0 Å². The number of carbonyl (C=O) groups is 1. The zero-order valence-corrected chi connectivity index (χ0v) is 15.6. The Balaban J connectivity index is 2.14. The molecule has 3 N–H and O–H groups in total. The third-order valence-electron chi connectivity index (χ3n) is 3.80. The molecule has 130 valence electrons. The first-order chi connectivity index (χ1) is 11.3. The van der Waals surface area contributed by atoms with Crippen LogP contribution in [-0.4, -0.2) is 26.5 Å². The Morgan fingerprint density at radius 3 is 2.25 bits per heavy atom. The summed E-state index contributed by atoms with van der Waals surface area (Å²) < 4.78 is 1.39. The molecule has 0 spiro atoms. The van der Waals surface area contributed by atoms with Crippen LogP contribution in [0.5, 0.6) is 0 Å². The Hall–Kier alpha value is -2.02. The largest absolute Gasteiger partial charge is 0.336 e. The van der Waals surface area contributed by atoms with E-state index < -0.39 is 0 Å². The van der Waals surface area contributed by atoms with Crippen molar-refractivity contribution < 1.29 is 4.79 Å². The Labute approximate surface area is 147 Å². The molecule has 0 radical (unpaired) electrons. The summed E-state index contributed by atoms with van der Waals surface area (Å²) in [6, 6.07) is 6.19. The molecule has 1 heterocycles. The van der Waals surface area contributed by atoms with Gasteiger partial charge in [-0.15, -0.1) is 10.2 Å². The first-order valence-electron chi connectivity index (χ1n) is 8.03. The monoisotopic (exact) mass is 347 g/mol. The first-order valence-corrected chi connectivity index (χ1v) is 9.02. The summed E-state index contributed by atoms with van der Waals surface area (Å²) in [4.78, 5) is 12.4. The number of carbonyl (C=O) groups excluding carboxylic acids is 1. The Morgan fingerprint density at radius 1 is 1.21 bits per heavy atom. The molecule has 24 heavy (non-hydrogen) atoms. The average Bonchev–Trinajstić information content (AvgIpc) is 2.84. The molecule has 1 aromatic carbocycles. The zero-order valence-electron chi connectivity index (χ0n) is 14.8. The maximum Gasteiger partial charge on any atom is 0.234 e. The Morgan fingerprint density at radius 2 is 1.79 bits per heavy atom. The van der Waals surface area contributed by atoms with Crippen LogP contribution in [0.1, 0.15) is 56.5 Å². The summed E-state index contributed by atoms with van der Waals surface area (Å²) in [5.74, 6) is 7.26. The van der Waals surface area contributed by atoms with Gasteiger partial charge in [0.2, 0.25) is 11.1 Å². The van der Waals surface area contributed by atoms with Crippen LogP contribution in [0.25, 0.3) is 0 Å². The van der Waals surface area contributed by atoms with Crippen LogP contribution in [0.4, 0.5) is 5.69 Å². The summed E-state index contributed by atoms with van der Waals surface area (Å²) in [7, 11) is 0. The maximum atomic E-state index is 12.4. The predicted molar refractivity (Wildman–Crippen MR) is 98.9 cm³/mol. The number of amides is 1. The number of nitrogens with two attached hydrogens (primary N) is 1. The van der Waals surface area contributed by atoms with Crippen molar-refractivity contribution in [3.63, 3.8) is 0 Å². The van der Waals surface area contributed by atoms with E-state index in [4.69, 9.17) is 5.84 Å². The van der Waals surface area contributed by atoms with Crippen molar-refractivity contribution in [1.82, 2.24) is 14.9 Å². The SMILES string of the molecule is Cc1nnc(SCC(=O)Nc2c(C(C)C)cccc2C(C)C)n1N. The number of rotatable bonds is 6. The topological polar surface area (TPSA) is 85.8 Å². The standard InChI is InChI=1S/C17H25N5OS/c1-10(2)13-7-6-8-14(11(3)4)16(13)19-15(23)9-24-17-21-20-12(5)22(17)18/h6-8,10-11H,9,18H2,1-5H3,(H,19,23). The van der Waals surface area contributed by atoms with E-state index in [2.05, 4.69) is 61.4 Å². The number of nitrogens with zero attached hydrogens (tertiary/aromatic N) is 3. The number of anilines is 1. The van der Waals surface area contributed by atoms with E-state index in [1.165, 1.54) is 16.4 Å². The molecule has 0 aliphatic carbocycles. The van der Waals surface area contributed by atoms with Gasteiger partial charge < -0.3 is 11.2 Å². The fourth-order valence-electron chi connectivity index (χ4n) is 2.45. The molecule has 0 bridgehead atoms. The average molecular weight is 347 g/mol. The van der Waals surface area contributed by atoms with Crippen LogP contribution < -0.4 is 11.2 Å². The first kappa shape index (κ1) is 18.3. The van der Waals surface area contributed by atoms with Crippen molar-refractivity contribution in [3.05, 3.63) is 35.2 Å². The quantitative estimate of drug-likeness (QED) is 0.619. The van der Waals surface area contributed by atoms with Gasteiger partial charge in [0.25, 0.3) is 0 Å². The molecule has 0 saturated carbocycles. The summed E-state index contributed by atoms with van der Waals surface area (Å²) >= 11 is 1.28. The van der Waals surface area contributed by atoms with Gasteiger partial charge in [-0.05, 0) is 29.9 Å². The van der Waals surface area contributed by atoms with Gasteiger partial charge in [-0.3, -0.25) is 4.79 Å². The van der Waals surface area contributed by atoms with Crippen molar-refractivity contribution in [2.24, 2.45) is 0 Å². The molecule has 7 heteroatoms. The zero-order chi connectivity index (χ0) is 17.9. The Kier molecular flexibility index (Phi) is 5.88. The van der Waals surface area contributed by atoms with Crippen molar-refractivity contribution in [2.75, 3.05) is 16.9 Å². The second-order valence-electron chi connectivity index (χ2n) is 6.36. The molecule has 0 fully saturated rings. The number of thioether (sulfide) groups is 1. The third kappa shape index (κ3) is 4.08. The molecule has 0 aliphatic rings. The van der Waals surface area contributed by atoms with Crippen molar-refractivity contribution in [3.8, 4) is 0 Å². The van der Waals surface area contributed by atoms with Gasteiger partial charge >= 0.3 is 0 Å². The fraction of sp³-hybridized carbons (Fsp3) is 0.471. The lowest BCUT2D eigenvalue weighted by atomic mass is 9.92. The van der Waals surface area contributed by atoms with E-state index in [1.54, 1.807) is 6.92 Å². The molecule has 1 aromatic heterocycles. The summed E-state index contributed by atoms with van der Waals surface area (Å²) in [5.41, 5.74) is 3.23. The van der Waals surface area contributed by atoms with Gasteiger partial charge in [0.1, 0.15) is 5.82 Å². The van der Waals surface area contributed by atoms with Gasteiger partial charge in [0.05, 0.1) is 5.75 Å². The second kappa shape index (κ2) is 7.70. The number of hydrogen-bond donors (Lipinski definition) is 2. The van der Waals surface area contributed by atoms with E-state index in [1.807, 2.05) is 0 Å². The van der Waals surface area contributed by atoms with Crippen molar-refractivity contribution in [1.29, 1.82) is 0 Å². The van der Waals surface area contributed by atoms with Crippen LogP contribution in [-0.2, 0) is 4.79 Å². The number of aromatic nitrogens is 3. The van der Waals surface area contributed by atoms with Crippen LogP contribution in [0.3, 0.4) is 0 Å². The van der Waals surface area contributed by atoms with E-state index in [9.17, 15) is 4.79 Å². The molecule has 2 aromatic rings. The van der Waals surface area contributed by atoms with E-state index in [-0.39, 0.29) is 11.7 Å². The van der Waals surface area contributed by atoms with Gasteiger partial charge in [-0.25, -0.2) is 4.68 Å². The molecule has 0 unspecified atom stereocenters. The molecule has 1 amide bonds. The number of nitrogens with one attached hydrogen (secondary N) is 1. The highest BCUT2D eigenvalue weighted by molar-refractivity contribution is 7.99. The Bertz CT molecular complexity index is 698. The summed E-state index contributed by atoms with van der Waals surface area (Å²) in [6.07, 6.45) is 0. The predicted octanol–water partition coefficient (Wildman–Crippen LogP) is 3.28. The molecule has 0 saturated heterocycles. The molecule has 0 atom stereocenters. The maximum absolute atomic E-state index is 12.4. The number of benzene rings is 1. The van der Waals surface area contributed by atoms with Gasteiger partial charge in [-0.1, -0.05) is 57.7 Å². The summed E-state index contributed by atoms with van der Waals surface area (Å²) in [5, 5.41) is 11.5. The molecule has 6 nitrogen and oxygen atoms in total. The third-order valence-corrected chi connectivity index (χ3v) is 4.75. The highest BCUT2D eigenvalue weighted by atomic mass is 32.2. The van der Waals surface area contributed by atoms with Gasteiger partial charge in [-0.2, -0.15) is 0 Å². The lowest BCUT2D eigenvalue weighted by molar-refractivity contribution is -0.113. The van der Waals surface area contributed by atoms with E-state index in [0.717, 1.165) is 16.8 Å². The highest BCUT2D eigenvalue weighted by Gasteiger charge is 2.17. The number of para-hydroxylation sites is 1. The molecule has 0 aliphatic heterocycles. The van der Waals surface area contributed by atoms with Crippen molar-refractivity contribution >= 4 is 23.4 Å². The van der Waals surface area contributed by atoms with E-state index in [0.29, 0.717) is 22.8 Å². The molecular weight excluding hydrogens is 322 g/mol. The number of nitrogen functional groups attached to an aromatic ring is 1.